The highest BCUT2D eigenvalue weighted by molar-refractivity contribution is 6.42. The van der Waals surface area contributed by atoms with E-state index in [1.807, 2.05) is 0 Å². The molecule has 2 aromatic carbocycles. The predicted octanol–water partition coefficient (Wildman–Crippen LogP) is 4.44. The van der Waals surface area contributed by atoms with E-state index in [-0.39, 0.29) is 0 Å². The molecule has 5 nitrogen and oxygen atoms in total. The Morgan fingerprint density at radius 2 is 1.85 bits per heavy atom. The maximum absolute atomic E-state index is 11.9. The second-order valence-corrected chi connectivity index (χ2v) is 6.19. The van der Waals surface area contributed by atoms with Crippen molar-refractivity contribution < 1.29 is 14.3 Å². The fourth-order valence-corrected chi connectivity index (χ4v) is 2.53. The van der Waals surface area contributed by atoms with Gasteiger partial charge in [-0.15, -0.1) is 0 Å². The molecule has 0 fully saturated rings. The number of benzene rings is 2. The zero-order valence-corrected chi connectivity index (χ0v) is 14.9. The average Bonchev–Trinajstić information content (AvgIpc) is 3.13. The number of nitrogens with one attached hydrogen (secondary N) is 1. The fourth-order valence-electron chi connectivity index (χ4n) is 2.23. The standard InChI is InChI=1S/C19H14Cl2N2O3/c20-15-8-6-13(10-16(15)21)17-9-7-14(26-17)11-22-23-19(25)18(24)12-4-2-1-3-5-12/h1-11,18,24H,(H,23,25)/b22-11-/t18-/m1/s1. The van der Waals surface area contributed by atoms with Crippen molar-refractivity contribution in [1.82, 2.24) is 5.43 Å². The molecule has 1 atom stereocenters. The number of carbonyl (C=O) groups is 1. The molecule has 2 N–H and O–H groups in total. The molecule has 1 aromatic heterocycles. The molecule has 26 heavy (non-hydrogen) atoms. The Kier molecular flexibility index (Phi) is 5.73. The number of furan rings is 1. The van der Waals surface area contributed by atoms with Crippen molar-refractivity contribution in [2.45, 2.75) is 6.10 Å². The van der Waals surface area contributed by atoms with E-state index >= 15 is 0 Å². The summed E-state index contributed by atoms with van der Waals surface area (Å²) in [5.41, 5.74) is 3.53. The van der Waals surface area contributed by atoms with Crippen LogP contribution in [0.5, 0.6) is 0 Å². The van der Waals surface area contributed by atoms with E-state index in [0.29, 0.717) is 27.1 Å². The van der Waals surface area contributed by atoms with E-state index in [4.69, 9.17) is 27.6 Å². The van der Waals surface area contributed by atoms with E-state index in [0.717, 1.165) is 5.56 Å². The third-order valence-electron chi connectivity index (χ3n) is 3.56. The van der Waals surface area contributed by atoms with Crippen molar-refractivity contribution in [1.29, 1.82) is 0 Å². The van der Waals surface area contributed by atoms with Crippen LogP contribution >= 0.6 is 23.2 Å². The maximum atomic E-state index is 11.9. The van der Waals surface area contributed by atoms with Crippen LogP contribution in [0.1, 0.15) is 17.4 Å². The van der Waals surface area contributed by atoms with E-state index in [2.05, 4.69) is 10.5 Å². The van der Waals surface area contributed by atoms with Crippen LogP contribution in [-0.2, 0) is 4.79 Å². The molecule has 1 heterocycles. The molecule has 3 rings (SSSR count). The lowest BCUT2D eigenvalue weighted by atomic mass is 10.1. The van der Waals surface area contributed by atoms with Gasteiger partial charge in [0.1, 0.15) is 11.5 Å². The third kappa shape index (κ3) is 4.32. The first-order valence-electron chi connectivity index (χ1n) is 7.66. The number of nitrogens with zero attached hydrogens (tertiary/aromatic N) is 1. The first-order valence-corrected chi connectivity index (χ1v) is 8.41. The summed E-state index contributed by atoms with van der Waals surface area (Å²) in [5.74, 6) is 0.380. The topological polar surface area (TPSA) is 74.8 Å². The number of carbonyl (C=O) groups excluding carboxylic acids is 1. The summed E-state index contributed by atoms with van der Waals surface area (Å²) in [4.78, 5) is 11.9. The Hall–Kier alpha value is -2.60. The predicted molar refractivity (Wildman–Crippen MR) is 101 cm³/mol. The van der Waals surface area contributed by atoms with Crippen molar-refractivity contribution in [3.05, 3.63) is 82.0 Å². The third-order valence-corrected chi connectivity index (χ3v) is 4.30. The number of hydrogen-bond acceptors (Lipinski definition) is 4. The Balaban J connectivity index is 1.63. The molecule has 0 saturated carbocycles. The van der Waals surface area contributed by atoms with Crippen LogP contribution in [0.15, 0.2) is 70.2 Å². The normalized spacial score (nSPS) is 12.3. The van der Waals surface area contributed by atoms with Crippen LogP contribution in [0.2, 0.25) is 10.0 Å². The summed E-state index contributed by atoms with van der Waals surface area (Å²) in [6, 6.07) is 17.2. The summed E-state index contributed by atoms with van der Waals surface area (Å²) >= 11 is 11.9. The molecule has 7 heteroatoms. The summed E-state index contributed by atoms with van der Waals surface area (Å²) < 4.78 is 5.63. The van der Waals surface area contributed by atoms with Crippen molar-refractivity contribution in [3.63, 3.8) is 0 Å². The van der Waals surface area contributed by atoms with Gasteiger partial charge < -0.3 is 9.52 Å². The largest absolute Gasteiger partial charge is 0.455 e. The second kappa shape index (κ2) is 8.19. The molecule has 0 unspecified atom stereocenters. The van der Waals surface area contributed by atoms with E-state index < -0.39 is 12.0 Å². The molecular weight excluding hydrogens is 375 g/mol. The van der Waals surface area contributed by atoms with Gasteiger partial charge in [-0.1, -0.05) is 53.5 Å². The van der Waals surface area contributed by atoms with Crippen molar-refractivity contribution in [3.8, 4) is 11.3 Å². The first-order chi connectivity index (χ1) is 12.5. The minimum absolute atomic E-state index is 0.429. The van der Waals surface area contributed by atoms with Gasteiger partial charge in [-0.3, -0.25) is 4.79 Å². The minimum Gasteiger partial charge on any atom is -0.455 e. The van der Waals surface area contributed by atoms with Crippen LogP contribution < -0.4 is 5.43 Å². The fraction of sp³-hybridized carbons (Fsp3) is 0.0526. The number of halogens is 2. The molecule has 0 spiro atoms. The van der Waals surface area contributed by atoms with Crippen LogP contribution in [0.25, 0.3) is 11.3 Å². The highest BCUT2D eigenvalue weighted by atomic mass is 35.5. The van der Waals surface area contributed by atoms with Crippen LogP contribution in [0, 0.1) is 0 Å². The number of hydrogen-bond donors (Lipinski definition) is 2. The lowest BCUT2D eigenvalue weighted by Gasteiger charge is -2.08. The monoisotopic (exact) mass is 388 g/mol. The van der Waals surface area contributed by atoms with Gasteiger partial charge in [0, 0.05) is 5.56 Å². The van der Waals surface area contributed by atoms with Gasteiger partial charge in [-0.05, 0) is 35.9 Å². The number of hydrazone groups is 1. The van der Waals surface area contributed by atoms with Crippen LogP contribution in [0.3, 0.4) is 0 Å². The van der Waals surface area contributed by atoms with Gasteiger partial charge in [0.25, 0.3) is 5.91 Å². The van der Waals surface area contributed by atoms with E-state index in [1.165, 1.54) is 6.21 Å². The van der Waals surface area contributed by atoms with Gasteiger partial charge in [-0.25, -0.2) is 5.43 Å². The summed E-state index contributed by atoms with van der Waals surface area (Å²) in [7, 11) is 0. The van der Waals surface area contributed by atoms with Gasteiger partial charge in [0.15, 0.2) is 6.10 Å². The quantitative estimate of drug-likeness (QED) is 0.501. The summed E-state index contributed by atoms with van der Waals surface area (Å²) in [5, 5.41) is 14.6. The molecule has 0 aliphatic rings. The lowest BCUT2D eigenvalue weighted by Crippen LogP contribution is -2.25. The minimum atomic E-state index is -1.29. The van der Waals surface area contributed by atoms with Gasteiger partial charge in [0.05, 0.1) is 16.3 Å². The SMILES string of the molecule is O=C(N/N=C\c1ccc(-c2ccc(Cl)c(Cl)c2)o1)[C@H](O)c1ccccc1. The van der Waals surface area contributed by atoms with Gasteiger partial charge in [0.2, 0.25) is 0 Å². The maximum Gasteiger partial charge on any atom is 0.273 e. The summed E-state index contributed by atoms with van der Waals surface area (Å²) in [6.45, 7) is 0. The molecule has 1 amide bonds. The molecule has 0 aliphatic heterocycles. The average molecular weight is 389 g/mol. The van der Waals surface area contributed by atoms with Crippen molar-refractivity contribution in [2.75, 3.05) is 0 Å². The van der Waals surface area contributed by atoms with Gasteiger partial charge >= 0.3 is 0 Å². The van der Waals surface area contributed by atoms with Crippen LogP contribution in [-0.4, -0.2) is 17.2 Å². The molecule has 0 radical (unpaired) electrons. The Morgan fingerprint density at radius 1 is 1.08 bits per heavy atom. The van der Waals surface area contributed by atoms with Crippen LogP contribution in [0.4, 0.5) is 0 Å². The van der Waals surface area contributed by atoms with Gasteiger partial charge in [-0.2, -0.15) is 5.10 Å². The zero-order chi connectivity index (χ0) is 18.5. The molecular formula is C19H14Cl2N2O3. The first kappa shape index (κ1) is 18.2. The zero-order valence-electron chi connectivity index (χ0n) is 13.4. The smallest absolute Gasteiger partial charge is 0.273 e. The highest BCUT2D eigenvalue weighted by Crippen LogP contribution is 2.29. The molecule has 3 aromatic rings. The molecule has 0 saturated heterocycles. The highest BCUT2D eigenvalue weighted by Gasteiger charge is 2.16. The molecule has 0 bridgehead atoms. The number of amides is 1. The van der Waals surface area contributed by atoms with Crippen molar-refractivity contribution in [2.24, 2.45) is 5.10 Å². The lowest BCUT2D eigenvalue weighted by molar-refractivity contribution is -0.129. The van der Waals surface area contributed by atoms with Crippen molar-refractivity contribution >= 4 is 35.3 Å². The second-order valence-electron chi connectivity index (χ2n) is 5.38. The van der Waals surface area contributed by atoms with E-state index in [1.54, 1.807) is 60.7 Å². The number of rotatable bonds is 5. The Morgan fingerprint density at radius 3 is 2.58 bits per heavy atom. The number of aliphatic hydroxyl groups excluding tert-OH is 1. The molecule has 0 aliphatic carbocycles. The summed E-state index contributed by atoms with van der Waals surface area (Å²) in [6.07, 6.45) is 0.0492. The number of aliphatic hydroxyl groups is 1. The van der Waals surface area contributed by atoms with E-state index in [9.17, 15) is 9.90 Å². The Bertz CT molecular complexity index is 939. The Labute approximate surface area is 159 Å². The molecule has 132 valence electrons.